The average Bonchev–Trinajstić information content (AvgIpc) is 2.87. The van der Waals surface area contributed by atoms with E-state index in [-0.39, 0.29) is 5.92 Å². The van der Waals surface area contributed by atoms with E-state index in [0.29, 0.717) is 0 Å². The Labute approximate surface area is 110 Å². The van der Waals surface area contributed by atoms with Crippen molar-refractivity contribution < 1.29 is 4.52 Å². The standard InChI is InChI=1S/C13H15N3OS/c1-18-8-12-15-13(17-16-12)11-7-14-6-9-4-2-3-5-10(9)11/h2-5,11,14H,6-8H2,1H3. The van der Waals surface area contributed by atoms with Crippen LogP contribution in [0.1, 0.15) is 28.8 Å². The topological polar surface area (TPSA) is 51.0 Å². The smallest absolute Gasteiger partial charge is 0.235 e. The zero-order valence-corrected chi connectivity index (χ0v) is 11.0. The molecule has 0 saturated carbocycles. The zero-order valence-electron chi connectivity index (χ0n) is 10.2. The van der Waals surface area contributed by atoms with Crippen molar-refractivity contribution >= 4 is 11.8 Å². The molecule has 1 aliphatic heterocycles. The third-order valence-electron chi connectivity index (χ3n) is 3.15. The van der Waals surface area contributed by atoms with Crippen LogP contribution in [-0.4, -0.2) is 22.9 Å². The highest BCUT2D eigenvalue weighted by atomic mass is 32.2. The lowest BCUT2D eigenvalue weighted by Gasteiger charge is -2.23. The summed E-state index contributed by atoms with van der Waals surface area (Å²) < 4.78 is 5.40. The van der Waals surface area contributed by atoms with Crippen LogP contribution in [0.3, 0.4) is 0 Å². The fraction of sp³-hybridized carbons (Fsp3) is 0.385. The molecule has 0 aliphatic carbocycles. The molecule has 0 amide bonds. The Morgan fingerprint density at radius 2 is 2.33 bits per heavy atom. The van der Waals surface area contributed by atoms with Crippen molar-refractivity contribution in [2.75, 3.05) is 12.8 Å². The SMILES string of the molecule is CSCc1noc(C2CNCc3ccccc32)n1. The molecule has 3 rings (SSSR count). The van der Waals surface area contributed by atoms with E-state index in [1.165, 1.54) is 11.1 Å². The quantitative estimate of drug-likeness (QED) is 0.917. The van der Waals surface area contributed by atoms with Gasteiger partial charge in [0, 0.05) is 13.1 Å². The maximum absolute atomic E-state index is 5.40. The second-order valence-electron chi connectivity index (χ2n) is 4.36. The van der Waals surface area contributed by atoms with Crippen LogP contribution in [0.5, 0.6) is 0 Å². The molecule has 1 N–H and O–H groups in total. The first-order chi connectivity index (χ1) is 8.88. The first-order valence-electron chi connectivity index (χ1n) is 5.98. The molecule has 94 valence electrons. The molecule has 1 aliphatic rings. The van der Waals surface area contributed by atoms with E-state index in [1.54, 1.807) is 11.8 Å². The molecule has 5 heteroatoms. The minimum Gasteiger partial charge on any atom is -0.339 e. The molecule has 0 fully saturated rings. The number of rotatable bonds is 3. The maximum atomic E-state index is 5.40. The van der Waals surface area contributed by atoms with E-state index in [2.05, 4.69) is 39.7 Å². The minimum absolute atomic E-state index is 0.179. The Kier molecular flexibility index (Phi) is 3.34. The average molecular weight is 261 g/mol. The van der Waals surface area contributed by atoms with Crippen molar-refractivity contribution in [3.05, 3.63) is 47.1 Å². The monoisotopic (exact) mass is 261 g/mol. The Morgan fingerprint density at radius 1 is 1.44 bits per heavy atom. The summed E-state index contributed by atoms with van der Waals surface area (Å²) in [6, 6.07) is 8.43. The fourth-order valence-electron chi connectivity index (χ4n) is 2.31. The summed E-state index contributed by atoms with van der Waals surface area (Å²) in [6.45, 7) is 1.77. The van der Waals surface area contributed by atoms with Crippen molar-refractivity contribution in [1.29, 1.82) is 0 Å². The number of fused-ring (bicyclic) bond motifs is 1. The number of nitrogens with one attached hydrogen (secondary N) is 1. The second kappa shape index (κ2) is 5.12. The number of thioether (sulfide) groups is 1. The van der Waals surface area contributed by atoms with Crippen molar-refractivity contribution in [2.45, 2.75) is 18.2 Å². The maximum Gasteiger partial charge on any atom is 0.235 e. The Bertz CT molecular complexity index is 541. The van der Waals surface area contributed by atoms with E-state index in [1.807, 2.05) is 6.26 Å². The van der Waals surface area contributed by atoms with E-state index < -0.39 is 0 Å². The summed E-state index contributed by atoms with van der Waals surface area (Å²) in [6.07, 6.45) is 2.04. The summed E-state index contributed by atoms with van der Waals surface area (Å²) in [5.41, 5.74) is 2.62. The lowest BCUT2D eigenvalue weighted by Crippen LogP contribution is -2.28. The third kappa shape index (κ3) is 2.15. The lowest BCUT2D eigenvalue weighted by molar-refractivity contribution is 0.353. The number of benzene rings is 1. The zero-order chi connectivity index (χ0) is 12.4. The van der Waals surface area contributed by atoms with Gasteiger partial charge in [-0.15, -0.1) is 0 Å². The van der Waals surface area contributed by atoms with Gasteiger partial charge in [0.2, 0.25) is 5.89 Å². The van der Waals surface area contributed by atoms with Crippen LogP contribution in [0, 0.1) is 0 Å². The number of aromatic nitrogens is 2. The predicted octanol–water partition coefficient (Wildman–Crippen LogP) is 2.17. The van der Waals surface area contributed by atoms with E-state index in [9.17, 15) is 0 Å². The van der Waals surface area contributed by atoms with Crippen molar-refractivity contribution in [1.82, 2.24) is 15.5 Å². The summed E-state index contributed by atoms with van der Waals surface area (Å²) in [7, 11) is 0. The van der Waals surface area contributed by atoms with Crippen molar-refractivity contribution in [3.63, 3.8) is 0 Å². The first kappa shape index (κ1) is 11.7. The van der Waals surface area contributed by atoms with Gasteiger partial charge >= 0.3 is 0 Å². The largest absolute Gasteiger partial charge is 0.339 e. The summed E-state index contributed by atoms with van der Waals surface area (Å²) >= 11 is 1.70. The molecule has 0 spiro atoms. The van der Waals surface area contributed by atoms with Crippen LogP contribution in [0.4, 0.5) is 0 Å². The molecule has 1 unspecified atom stereocenters. The molecule has 4 nitrogen and oxygen atoms in total. The van der Waals surface area contributed by atoms with Gasteiger partial charge in [0.25, 0.3) is 0 Å². The normalized spacial score (nSPS) is 18.6. The van der Waals surface area contributed by atoms with E-state index >= 15 is 0 Å². The molecule has 1 aromatic carbocycles. The minimum atomic E-state index is 0.179. The fourth-order valence-corrected chi connectivity index (χ4v) is 2.69. The van der Waals surface area contributed by atoms with Gasteiger partial charge in [-0.05, 0) is 17.4 Å². The van der Waals surface area contributed by atoms with Crippen LogP contribution < -0.4 is 5.32 Å². The van der Waals surface area contributed by atoms with E-state index in [0.717, 1.165) is 30.6 Å². The molecule has 0 saturated heterocycles. The van der Waals surface area contributed by atoms with Crippen molar-refractivity contribution in [3.8, 4) is 0 Å². The molecule has 0 radical (unpaired) electrons. The van der Waals surface area contributed by atoms with Crippen LogP contribution in [0.25, 0.3) is 0 Å². The molecule has 18 heavy (non-hydrogen) atoms. The molecule has 1 aromatic heterocycles. The van der Waals surface area contributed by atoms with Gasteiger partial charge in [-0.3, -0.25) is 0 Å². The summed E-state index contributed by atoms with van der Waals surface area (Å²) in [4.78, 5) is 4.48. The van der Waals surface area contributed by atoms with Gasteiger partial charge in [0.1, 0.15) is 0 Å². The van der Waals surface area contributed by atoms with Gasteiger partial charge < -0.3 is 9.84 Å². The Balaban J connectivity index is 1.92. The van der Waals surface area contributed by atoms with Gasteiger partial charge in [-0.2, -0.15) is 16.7 Å². The van der Waals surface area contributed by atoms with Gasteiger partial charge in [0.05, 0.1) is 11.7 Å². The number of hydrogen-bond donors (Lipinski definition) is 1. The molecule has 1 atom stereocenters. The Hall–Kier alpha value is -1.33. The highest BCUT2D eigenvalue weighted by Gasteiger charge is 2.25. The summed E-state index contributed by atoms with van der Waals surface area (Å²) in [5.74, 6) is 2.47. The number of nitrogens with zero attached hydrogens (tertiary/aromatic N) is 2. The highest BCUT2D eigenvalue weighted by Crippen LogP contribution is 2.29. The van der Waals surface area contributed by atoms with Crippen LogP contribution in [0.2, 0.25) is 0 Å². The lowest BCUT2D eigenvalue weighted by atomic mass is 9.91. The molecular weight excluding hydrogens is 246 g/mol. The van der Waals surface area contributed by atoms with E-state index in [4.69, 9.17) is 4.52 Å². The predicted molar refractivity (Wildman–Crippen MR) is 71.5 cm³/mol. The summed E-state index contributed by atoms with van der Waals surface area (Å²) in [5, 5.41) is 7.42. The Morgan fingerprint density at radius 3 is 3.22 bits per heavy atom. The third-order valence-corrected chi connectivity index (χ3v) is 3.70. The molecule has 2 heterocycles. The number of hydrogen-bond acceptors (Lipinski definition) is 5. The molecular formula is C13H15N3OS. The molecule has 0 bridgehead atoms. The van der Waals surface area contributed by atoms with Crippen LogP contribution in [-0.2, 0) is 12.3 Å². The second-order valence-corrected chi connectivity index (χ2v) is 5.23. The van der Waals surface area contributed by atoms with Crippen molar-refractivity contribution in [2.24, 2.45) is 0 Å². The highest BCUT2D eigenvalue weighted by molar-refractivity contribution is 7.97. The van der Waals surface area contributed by atoms with Crippen LogP contribution >= 0.6 is 11.8 Å². The molecule has 2 aromatic rings. The van der Waals surface area contributed by atoms with Crippen LogP contribution in [0.15, 0.2) is 28.8 Å². The van der Waals surface area contributed by atoms with Gasteiger partial charge in [0.15, 0.2) is 5.82 Å². The first-order valence-corrected chi connectivity index (χ1v) is 7.38. The van der Waals surface area contributed by atoms with Gasteiger partial charge in [-0.1, -0.05) is 29.4 Å². The van der Waals surface area contributed by atoms with Gasteiger partial charge in [-0.25, -0.2) is 0 Å².